The summed E-state index contributed by atoms with van der Waals surface area (Å²) in [5.74, 6) is 1.01. The minimum Gasteiger partial charge on any atom is -0.490 e. The highest BCUT2D eigenvalue weighted by Gasteiger charge is 2.25. The quantitative estimate of drug-likeness (QED) is 0.465. The van der Waals surface area contributed by atoms with Crippen LogP contribution in [0.1, 0.15) is 64.0 Å². The zero-order valence-electron chi connectivity index (χ0n) is 22.9. The van der Waals surface area contributed by atoms with Crippen LogP contribution in [0, 0.1) is 23.1 Å². The lowest BCUT2D eigenvalue weighted by Crippen LogP contribution is -2.39. The number of aryl methyl sites for hydroxylation is 1. The Morgan fingerprint density at radius 2 is 1.95 bits per heavy atom. The third kappa shape index (κ3) is 7.31. The van der Waals surface area contributed by atoms with Crippen molar-refractivity contribution in [2.75, 3.05) is 37.7 Å². The molecule has 1 aromatic heterocycles. The van der Waals surface area contributed by atoms with Gasteiger partial charge in [-0.25, -0.2) is 14.4 Å². The molecule has 1 saturated heterocycles. The van der Waals surface area contributed by atoms with E-state index in [0.717, 1.165) is 67.8 Å². The Hall–Kier alpha value is -3.00. The smallest absolute Gasteiger partial charge is 0.225 e. The second-order valence-electron chi connectivity index (χ2n) is 11.4. The molecule has 2 aromatic rings. The lowest BCUT2D eigenvalue weighted by molar-refractivity contribution is -0.125. The SMILES string of the molecule is CCc1cnc(N2CCC(COc3ccc(C4=CCC(C(=O)NCC(C)(C)CO)CC4)cc3F)CC2)nc1. The zero-order valence-corrected chi connectivity index (χ0v) is 22.9. The number of rotatable bonds is 10. The monoisotopic (exact) mass is 524 g/mol. The fourth-order valence-corrected chi connectivity index (χ4v) is 4.88. The van der Waals surface area contributed by atoms with E-state index in [1.165, 1.54) is 0 Å². The Labute approximate surface area is 225 Å². The molecule has 7 nitrogen and oxygen atoms in total. The van der Waals surface area contributed by atoms with Gasteiger partial charge in [0.25, 0.3) is 0 Å². The maximum Gasteiger partial charge on any atom is 0.225 e. The molecule has 4 rings (SSSR count). The van der Waals surface area contributed by atoms with Crippen LogP contribution in [0.15, 0.2) is 36.7 Å². The summed E-state index contributed by atoms with van der Waals surface area (Å²) < 4.78 is 20.8. The van der Waals surface area contributed by atoms with E-state index in [0.29, 0.717) is 25.5 Å². The summed E-state index contributed by atoms with van der Waals surface area (Å²) in [6, 6.07) is 5.18. The molecule has 8 heteroatoms. The van der Waals surface area contributed by atoms with Crippen LogP contribution < -0.4 is 15.0 Å². The van der Waals surface area contributed by atoms with Gasteiger partial charge in [0.2, 0.25) is 11.9 Å². The Bertz CT molecular complexity index is 1110. The molecule has 0 spiro atoms. The molecule has 2 heterocycles. The molecular weight excluding hydrogens is 483 g/mol. The molecule has 0 radical (unpaired) electrons. The number of hydrogen-bond acceptors (Lipinski definition) is 6. The van der Waals surface area contributed by atoms with Crippen LogP contribution in [0.4, 0.5) is 10.3 Å². The first-order chi connectivity index (χ1) is 18.3. The predicted octanol–water partition coefficient (Wildman–Crippen LogP) is 4.79. The highest BCUT2D eigenvalue weighted by molar-refractivity contribution is 5.80. The van der Waals surface area contributed by atoms with Gasteiger partial charge in [0.1, 0.15) is 0 Å². The van der Waals surface area contributed by atoms with Gasteiger partial charge in [0.15, 0.2) is 11.6 Å². The molecule has 1 unspecified atom stereocenters. The van der Waals surface area contributed by atoms with Crippen molar-refractivity contribution in [3.8, 4) is 5.75 Å². The first-order valence-electron chi connectivity index (χ1n) is 13.8. The van der Waals surface area contributed by atoms with E-state index < -0.39 is 0 Å². The summed E-state index contributed by atoms with van der Waals surface area (Å²) >= 11 is 0. The maximum absolute atomic E-state index is 14.9. The highest BCUT2D eigenvalue weighted by atomic mass is 19.1. The van der Waals surface area contributed by atoms with Crippen molar-refractivity contribution >= 4 is 17.4 Å². The average molecular weight is 525 g/mol. The van der Waals surface area contributed by atoms with Crippen molar-refractivity contribution < 1.29 is 19.0 Å². The van der Waals surface area contributed by atoms with Crippen LogP contribution in [0.2, 0.25) is 0 Å². The average Bonchev–Trinajstić information content (AvgIpc) is 2.96. The molecular formula is C30H41FN4O3. The van der Waals surface area contributed by atoms with E-state index in [-0.39, 0.29) is 35.4 Å². The van der Waals surface area contributed by atoms with Crippen LogP contribution in [0.25, 0.3) is 5.57 Å². The molecule has 1 amide bonds. The van der Waals surface area contributed by atoms with Gasteiger partial charge in [0, 0.05) is 50.0 Å². The van der Waals surface area contributed by atoms with Crippen molar-refractivity contribution in [3.05, 3.63) is 53.6 Å². The van der Waals surface area contributed by atoms with Crippen LogP contribution in [-0.2, 0) is 11.2 Å². The molecule has 1 aromatic carbocycles. The number of aromatic nitrogens is 2. The summed E-state index contributed by atoms with van der Waals surface area (Å²) in [5.41, 5.74) is 2.71. The summed E-state index contributed by atoms with van der Waals surface area (Å²) in [4.78, 5) is 23.7. The van der Waals surface area contributed by atoms with E-state index in [1.807, 2.05) is 38.4 Å². The number of piperidine rings is 1. The van der Waals surface area contributed by atoms with E-state index in [1.54, 1.807) is 12.1 Å². The summed E-state index contributed by atoms with van der Waals surface area (Å²) in [6.45, 7) is 8.62. The number of benzene rings is 1. The van der Waals surface area contributed by atoms with Crippen molar-refractivity contribution in [1.82, 2.24) is 15.3 Å². The third-order valence-corrected chi connectivity index (χ3v) is 7.73. The molecule has 0 bridgehead atoms. The number of aliphatic hydroxyl groups is 1. The van der Waals surface area contributed by atoms with Gasteiger partial charge >= 0.3 is 0 Å². The van der Waals surface area contributed by atoms with Crippen molar-refractivity contribution in [2.24, 2.45) is 17.3 Å². The Morgan fingerprint density at radius 1 is 1.21 bits per heavy atom. The number of halogens is 1. The fourth-order valence-electron chi connectivity index (χ4n) is 4.88. The van der Waals surface area contributed by atoms with Gasteiger partial charge < -0.3 is 20.1 Å². The first kappa shape index (κ1) is 28.0. The topological polar surface area (TPSA) is 87.6 Å². The minimum absolute atomic E-state index is 0.0181. The number of amides is 1. The molecule has 2 aliphatic rings. The molecule has 1 aliphatic carbocycles. The van der Waals surface area contributed by atoms with Crippen LogP contribution in [0.5, 0.6) is 5.75 Å². The lowest BCUT2D eigenvalue weighted by atomic mass is 9.85. The Kier molecular flexibility index (Phi) is 9.36. The van der Waals surface area contributed by atoms with E-state index in [2.05, 4.69) is 27.1 Å². The molecule has 206 valence electrons. The standard InChI is InChI=1S/C30H41FN4O3/c1-4-21-16-32-29(33-17-21)35-13-11-22(12-14-35)18-38-27-10-9-25(15-26(27)31)23-5-7-24(8-6-23)28(37)34-19-30(2,3)20-36/h5,9-10,15-17,22,24,36H,4,6-8,11-14,18-20H2,1-3H3,(H,34,37). The first-order valence-corrected chi connectivity index (χ1v) is 13.8. The number of ether oxygens (including phenoxy) is 1. The predicted molar refractivity (Wildman–Crippen MR) is 147 cm³/mol. The Balaban J connectivity index is 1.24. The Morgan fingerprint density at radius 3 is 2.55 bits per heavy atom. The normalized spacial score (nSPS) is 18.7. The van der Waals surface area contributed by atoms with Crippen molar-refractivity contribution in [1.29, 1.82) is 0 Å². The number of nitrogens with one attached hydrogen (secondary N) is 1. The third-order valence-electron chi connectivity index (χ3n) is 7.73. The maximum atomic E-state index is 14.9. The summed E-state index contributed by atoms with van der Waals surface area (Å²) in [5, 5.41) is 12.3. The van der Waals surface area contributed by atoms with Crippen LogP contribution in [0.3, 0.4) is 0 Å². The summed E-state index contributed by atoms with van der Waals surface area (Å²) in [7, 11) is 0. The molecule has 0 saturated carbocycles. The van der Waals surface area contributed by atoms with Crippen LogP contribution >= 0.6 is 0 Å². The van der Waals surface area contributed by atoms with Gasteiger partial charge in [-0.2, -0.15) is 0 Å². The number of anilines is 1. The van der Waals surface area contributed by atoms with Crippen LogP contribution in [-0.4, -0.2) is 53.8 Å². The van der Waals surface area contributed by atoms with Gasteiger partial charge in [-0.3, -0.25) is 4.79 Å². The zero-order chi connectivity index (χ0) is 27.1. The van der Waals surface area contributed by atoms with Gasteiger partial charge in [-0.15, -0.1) is 0 Å². The number of aliphatic hydroxyl groups excluding tert-OH is 1. The fraction of sp³-hybridized carbons (Fsp3) is 0.567. The second kappa shape index (κ2) is 12.7. The van der Waals surface area contributed by atoms with Crippen molar-refractivity contribution in [2.45, 2.75) is 59.3 Å². The lowest BCUT2D eigenvalue weighted by Gasteiger charge is -2.31. The van der Waals surface area contributed by atoms with Gasteiger partial charge in [-0.05, 0) is 73.3 Å². The number of hydrogen-bond donors (Lipinski definition) is 2. The highest BCUT2D eigenvalue weighted by Crippen LogP contribution is 2.33. The van der Waals surface area contributed by atoms with Gasteiger partial charge in [-0.1, -0.05) is 32.9 Å². The van der Waals surface area contributed by atoms with E-state index in [4.69, 9.17) is 4.74 Å². The van der Waals surface area contributed by atoms with Gasteiger partial charge in [0.05, 0.1) is 6.61 Å². The van der Waals surface area contributed by atoms with E-state index in [9.17, 15) is 14.3 Å². The minimum atomic E-state index is -0.351. The molecule has 1 aliphatic heterocycles. The number of carbonyl (C=O) groups is 1. The number of carbonyl (C=O) groups excluding carboxylic acids is 1. The molecule has 38 heavy (non-hydrogen) atoms. The van der Waals surface area contributed by atoms with Crippen molar-refractivity contribution in [3.63, 3.8) is 0 Å². The molecule has 1 atom stereocenters. The second-order valence-corrected chi connectivity index (χ2v) is 11.4. The van der Waals surface area contributed by atoms with E-state index >= 15 is 0 Å². The number of allylic oxidation sites excluding steroid dienone is 2. The largest absolute Gasteiger partial charge is 0.490 e. The number of nitrogens with zero attached hydrogens (tertiary/aromatic N) is 3. The molecule has 1 fully saturated rings. The summed E-state index contributed by atoms with van der Waals surface area (Å²) in [6.07, 6.45) is 10.8. The molecule has 2 N–H and O–H groups in total.